The fourth-order valence-corrected chi connectivity index (χ4v) is 11.9. The number of nitrogens with one attached hydrogen (secondary N) is 2. The fourth-order valence-electron chi connectivity index (χ4n) is 11.9. The van der Waals surface area contributed by atoms with E-state index in [1.165, 1.54) is 32.1 Å². The van der Waals surface area contributed by atoms with Crippen molar-refractivity contribution in [1.82, 2.24) is 20.4 Å². The molecule has 8 heteroatoms. The van der Waals surface area contributed by atoms with Crippen LogP contribution < -0.4 is 10.6 Å². The average Bonchev–Trinajstić information content (AvgIpc) is 3.45. The molecule has 7 rings (SSSR count). The lowest BCUT2D eigenvalue weighted by Crippen LogP contribution is -2.57. The van der Waals surface area contributed by atoms with E-state index >= 15 is 0 Å². The van der Waals surface area contributed by atoms with Crippen LogP contribution in [0.1, 0.15) is 91.9 Å². The van der Waals surface area contributed by atoms with E-state index in [2.05, 4.69) is 49.3 Å². The molecule has 0 aromatic carbocycles. The molecule has 3 saturated carbocycles. The summed E-state index contributed by atoms with van der Waals surface area (Å²) < 4.78 is 7.07. The van der Waals surface area contributed by atoms with Gasteiger partial charge < -0.3 is 20.1 Å². The second-order valence-corrected chi connectivity index (χ2v) is 16.6. The van der Waals surface area contributed by atoms with E-state index in [4.69, 9.17) is 9.84 Å². The van der Waals surface area contributed by atoms with Gasteiger partial charge in [0.05, 0.1) is 12.7 Å². The van der Waals surface area contributed by atoms with E-state index in [9.17, 15) is 9.59 Å². The van der Waals surface area contributed by atoms with Gasteiger partial charge in [-0.25, -0.2) is 0 Å². The van der Waals surface area contributed by atoms with Crippen LogP contribution in [0.5, 0.6) is 0 Å². The van der Waals surface area contributed by atoms with Crippen LogP contribution in [-0.4, -0.2) is 90.5 Å². The largest absolute Gasteiger partial charge is 0.395 e. The highest BCUT2D eigenvalue weighted by Gasteiger charge is 2.68. The average molecular weight is 611 g/mol. The van der Waals surface area contributed by atoms with E-state index < -0.39 is 0 Å². The first-order valence-electron chi connectivity index (χ1n) is 18.1. The van der Waals surface area contributed by atoms with Gasteiger partial charge in [0.15, 0.2) is 0 Å². The number of β-amino-alcohol motifs (C(OH)–C–C–N with tert-alkyl or cyclic N) is 1. The number of nitrogens with zero attached hydrogens (tertiary/aromatic N) is 2. The van der Waals surface area contributed by atoms with E-state index in [0.29, 0.717) is 43.0 Å². The molecule has 8 nitrogen and oxygen atoms in total. The molecule has 246 valence electrons. The quantitative estimate of drug-likeness (QED) is 0.323. The summed E-state index contributed by atoms with van der Waals surface area (Å²) in [5.41, 5.74) is 2.06. The van der Waals surface area contributed by atoms with E-state index in [0.717, 1.165) is 69.0 Å². The molecular weight excluding hydrogens is 552 g/mol. The van der Waals surface area contributed by atoms with Crippen molar-refractivity contribution >= 4 is 11.8 Å². The Morgan fingerprint density at radius 3 is 2.59 bits per heavy atom. The lowest BCUT2D eigenvalue weighted by molar-refractivity contribution is -0.137. The van der Waals surface area contributed by atoms with Crippen LogP contribution in [0, 0.1) is 46.3 Å². The molecule has 3 saturated heterocycles. The highest BCUT2D eigenvalue weighted by Crippen LogP contribution is 2.70. The van der Waals surface area contributed by atoms with Crippen LogP contribution in [0.3, 0.4) is 0 Å². The molecule has 3 heterocycles. The number of allylic oxidation sites excluding steroid dienone is 1. The zero-order valence-electron chi connectivity index (χ0n) is 27.8. The summed E-state index contributed by atoms with van der Waals surface area (Å²) in [4.78, 5) is 29.8. The minimum atomic E-state index is -0.129. The van der Waals surface area contributed by atoms with Gasteiger partial charge in [0, 0.05) is 51.2 Å². The van der Waals surface area contributed by atoms with E-state index in [1.54, 1.807) is 10.5 Å². The van der Waals surface area contributed by atoms with Gasteiger partial charge >= 0.3 is 0 Å². The normalized spacial score (nSPS) is 46.9. The van der Waals surface area contributed by atoms with Gasteiger partial charge in [0.2, 0.25) is 11.8 Å². The number of hydrogen-bond acceptors (Lipinski definition) is 6. The number of piperidine rings is 1. The molecule has 7 aliphatic rings. The summed E-state index contributed by atoms with van der Waals surface area (Å²) in [6.07, 6.45) is 13.4. The number of fused-ring (bicyclic) bond motifs is 7. The van der Waals surface area contributed by atoms with Crippen molar-refractivity contribution in [2.75, 3.05) is 45.9 Å². The van der Waals surface area contributed by atoms with Gasteiger partial charge in [0.1, 0.15) is 12.1 Å². The SMILES string of the molecule is C[C@@H]1CC[C@@]2(NC1)O[C@H]1C[C@H]3[C@@H]4CC=C5C[C@@H](NC(=O)CC(=O)N6CCN(CCO)CC6)CC[C@]5(C)[C@H]4CC[C@]3(C)[C@H]1[C@@H]2C. The van der Waals surface area contributed by atoms with E-state index in [1.807, 2.05) is 0 Å². The minimum absolute atomic E-state index is 0.0591. The van der Waals surface area contributed by atoms with Crippen molar-refractivity contribution in [3.8, 4) is 0 Å². The lowest BCUT2D eigenvalue weighted by atomic mass is 9.46. The maximum absolute atomic E-state index is 13.0. The van der Waals surface area contributed by atoms with Crippen LogP contribution >= 0.6 is 0 Å². The number of hydrogen-bond donors (Lipinski definition) is 3. The number of rotatable bonds is 5. The molecule has 2 amide bonds. The summed E-state index contributed by atoms with van der Waals surface area (Å²) in [6, 6.07) is 0.128. The first kappa shape index (κ1) is 31.1. The topological polar surface area (TPSA) is 94.1 Å². The van der Waals surface area contributed by atoms with Gasteiger partial charge in [0.25, 0.3) is 0 Å². The molecule has 0 unspecified atom stereocenters. The molecule has 3 N–H and O–H groups in total. The standard InChI is InChI=1S/C36H58N4O4/c1-23-7-12-36(37-22-23)24(2)33-30(44-36)20-29-27-6-5-25-19-26(8-10-34(25,3)28(27)9-11-35(29,33)4)38-31(42)21-32(43)40-15-13-39(14-16-40)17-18-41/h5,23-24,26-30,33,37,41H,6-22H2,1-4H3,(H,38,42)/t23-,24+,26+,27-,28+,29+,30+,33+,34+,35+,36-/m1/s1. The molecule has 6 fully saturated rings. The molecule has 44 heavy (non-hydrogen) atoms. The third-order valence-corrected chi connectivity index (χ3v) is 14.4. The minimum Gasteiger partial charge on any atom is -0.395 e. The van der Waals surface area contributed by atoms with Gasteiger partial charge in [-0.2, -0.15) is 0 Å². The number of aliphatic hydroxyl groups is 1. The summed E-state index contributed by atoms with van der Waals surface area (Å²) >= 11 is 0. The Morgan fingerprint density at radius 2 is 1.86 bits per heavy atom. The Hall–Kier alpha value is -1.48. The second-order valence-electron chi connectivity index (χ2n) is 16.6. The molecule has 11 atom stereocenters. The van der Waals surface area contributed by atoms with Crippen LogP contribution in [0.15, 0.2) is 11.6 Å². The third-order valence-electron chi connectivity index (χ3n) is 14.4. The van der Waals surface area contributed by atoms with Crippen LogP contribution in [0.25, 0.3) is 0 Å². The highest BCUT2D eigenvalue weighted by molar-refractivity contribution is 5.97. The Balaban J connectivity index is 0.966. The molecule has 0 radical (unpaired) electrons. The van der Waals surface area contributed by atoms with Gasteiger partial charge in [-0.15, -0.1) is 0 Å². The fraction of sp³-hybridized carbons (Fsp3) is 0.889. The van der Waals surface area contributed by atoms with Crippen molar-refractivity contribution in [2.24, 2.45) is 46.3 Å². The zero-order chi connectivity index (χ0) is 30.9. The Bertz CT molecular complexity index is 1140. The first-order chi connectivity index (χ1) is 21.1. The first-order valence-corrected chi connectivity index (χ1v) is 18.1. The predicted octanol–water partition coefficient (Wildman–Crippen LogP) is 3.94. The van der Waals surface area contributed by atoms with Crippen molar-refractivity contribution < 1.29 is 19.4 Å². The van der Waals surface area contributed by atoms with Crippen LogP contribution in [-0.2, 0) is 14.3 Å². The van der Waals surface area contributed by atoms with Crippen molar-refractivity contribution in [3.63, 3.8) is 0 Å². The third kappa shape index (κ3) is 5.09. The number of piperazine rings is 1. The molecule has 0 aromatic rings. The smallest absolute Gasteiger partial charge is 0.232 e. The molecule has 0 bridgehead atoms. The van der Waals surface area contributed by atoms with Crippen molar-refractivity contribution in [3.05, 3.63) is 11.6 Å². The number of aliphatic hydroxyl groups excluding tert-OH is 1. The van der Waals surface area contributed by atoms with Crippen molar-refractivity contribution in [1.29, 1.82) is 0 Å². The Labute approximate surface area is 265 Å². The predicted molar refractivity (Wildman–Crippen MR) is 170 cm³/mol. The number of ether oxygens (including phenoxy) is 1. The van der Waals surface area contributed by atoms with Crippen LogP contribution in [0.4, 0.5) is 0 Å². The van der Waals surface area contributed by atoms with Gasteiger partial charge in [-0.1, -0.05) is 39.3 Å². The Morgan fingerprint density at radius 1 is 1.07 bits per heavy atom. The monoisotopic (exact) mass is 610 g/mol. The molecule has 3 aliphatic heterocycles. The summed E-state index contributed by atoms with van der Waals surface area (Å²) in [7, 11) is 0. The maximum atomic E-state index is 13.0. The van der Waals surface area contributed by atoms with E-state index in [-0.39, 0.29) is 42.0 Å². The van der Waals surface area contributed by atoms with Crippen LogP contribution in [0.2, 0.25) is 0 Å². The summed E-state index contributed by atoms with van der Waals surface area (Å²) in [5, 5.41) is 16.3. The highest BCUT2D eigenvalue weighted by atomic mass is 16.5. The van der Waals surface area contributed by atoms with Crippen molar-refractivity contribution in [2.45, 2.75) is 110 Å². The zero-order valence-corrected chi connectivity index (χ0v) is 27.8. The molecular formula is C36H58N4O4. The summed E-state index contributed by atoms with van der Waals surface area (Å²) in [6.45, 7) is 14.7. The second kappa shape index (κ2) is 11.6. The number of amides is 2. The molecule has 4 aliphatic carbocycles. The number of carbonyl (C=O) groups excluding carboxylic acids is 2. The Kier molecular flexibility index (Phi) is 8.24. The molecule has 1 spiro atoms. The van der Waals surface area contributed by atoms with Gasteiger partial charge in [-0.3, -0.25) is 19.8 Å². The maximum Gasteiger partial charge on any atom is 0.232 e. The molecule has 0 aromatic heterocycles. The summed E-state index contributed by atoms with van der Waals surface area (Å²) in [5.74, 6) is 3.97. The number of carbonyl (C=O) groups is 2. The lowest BCUT2D eigenvalue weighted by Gasteiger charge is -2.58. The van der Waals surface area contributed by atoms with Gasteiger partial charge in [-0.05, 0) is 98.2 Å².